The third kappa shape index (κ3) is 1.93. The first-order chi connectivity index (χ1) is 8.74. The molecule has 0 fully saturated rings. The molecule has 3 nitrogen and oxygen atoms in total. The maximum atomic E-state index is 13.4. The number of hydrogen-bond acceptors (Lipinski definition) is 3. The lowest BCUT2D eigenvalue weighted by Crippen LogP contribution is -2.06. The molecule has 0 unspecified atom stereocenters. The van der Waals surface area contributed by atoms with Gasteiger partial charge in [0.25, 0.3) is 0 Å². The average Bonchev–Trinajstić information content (AvgIpc) is 2.90. The van der Waals surface area contributed by atoms with E-state index < -0.39 is 5.82 Å². The number of carbonyl (C=O) groups excluding carboxylic acids is 1. The smallest absolute Gasteiger partial charge is 0.193 e. The predicted molar refractivity (Wildman–Crippen MR) is 67.5 cm³/mol. The van der Waals surface area contributed by atoms with E-state index in [9.17, 15) is 9.18 Å². The number of aromatic nitrogens is 2. The monoisotopic (exact) mass is 260 g/mol. The van der Waals surface area contributed by atoms with Crippen LogP contribution in [0.4, 0.5) is 4.39 Å². The van der Waals surface area contributed by atoms with Crippen molar-refractivity contribution in [2.24, 2.45) is 0 Å². The minimum Gasteiger partial charge on any atom is -0.297 e. The van der Waals surface area contributed by atoms with Gasteiger partial charge in [-0.05, 0) is 12.1 Å². The Kier molecular flexibility index (Phi) is 2.68. The summed E-state index contributed by atoms with van der Waals surface area (Å²) in [5.74, 6) is -0.734. The van der Waals surface area contributed by atoms with Crippen LogP contribution in [0.5, 0.6) is 0 Å². The third-order valence-electron chi connectivity index (χ3n) is 2.66. The first-order valence-electron chi connectivity index (χ1n) is 5.43. The van der Waals surface area contributed by atoms with Gasteiger partial charge in [-0.1, -0.05) is 12.1 Å². The van der Waals surface area contributed by atoms with Crippen molar-refractivity contribution in [3.8, 4) is 0 Å². The first-order valence-corrected chi connectivity index (χ1v) is 6.31. The van der Waals surface area contributed by atoms with Gasteiger partial charge >= 0.3 is 0 Å². The van der Waals surface area contributed by atoms with Gasteiger partial charge in [0.2, 0.25) is 0 Å². The van der Waals surface area contributed by atoms with Crippen LogP contribution in [-0.2, 0) is 6.42 Å². The Balaban J connectivity index is 1.87. The van der Waals surface area contributed by atoms with E-state index in [1.165, 1.54) is 23.5 Å². The standard InChI is InChI=1S/C13H9FN2OS/c14-11-4-2-1-3-10(11)12(17)7-9-8-16-5-6-18-13(16)15-9/h1-6,8H,7H2. The van der Waals surface area contributed by atoms with Gasteiger partial charge in [0, 0.05) is 17.8 Å². The Morgan fingerprint density at radius 2 is 2.22 bits per heavy atom. The minimum absolute atomic E-state index is 0.119. The molecule has 0 N–H and O–H groups in total. The van der Waals surface area contributed by atoms with Gasteiger partial charge in [-0.25, -0.2) is 9.37 Å². The molecule has 3 aromatic rings. The van der Waals surface area contributed by atoms with E-state index in [-0.39, 0.29) is 17.8 Å². The molecular weight excluding hydrogens is 251 g/mol. The van der Waals surface area contributed by atoms with E-state index in [1.54, 1.807) is 18.3 Å². The Bertz CT molecular complexity index is 688. The molecule has 90 valence electrons. The molecule has 0 atom stereocenters. The van der Waals surface area contributed by atoms with E-state index >= 15 is 0 Å². The molecule has 1 aromatic carbocycles. The summed E-state index contributed by atoms with van der Waals surface area (Å²) in [6, 6.07) is 6.01. The number of imidazole rings is 1. The van der Waals surface area contributed by atoms with Crippen LogP contribution < -0.4 is 0 Å². The second kappa shape index (κ2) is 4.34. The molecule has 18 heavy (non-hydrogen) atoms. The molecule has 3 rings (SSSR count). The second-order valence-electron chi connectivity index (χ2n) is 3.90. The van der Waals surface area contributed by atoms with Crippen molar-refractivity contribution in [3.05, 3.63) is 59.1 Å². The lowest BCUT2D eigenvalue weighted by molar-refractivity contribution is 0.0988. The fraction of sp³-hybridized carbons (Fsp3) is 0.0769. The summed E-state index contributed by atoms with van der Waals surface area (Å²) in [4.78, 5) is 17.1. The molecule has 0 saturated carbocycles. The normalized spacial score (nSPS) is 10.9. The number of nitrogens with zero attached hydrogens (tertiary/aromatic N) is 2. The number of halogens is 1. The highest BCUT2D eigenvalue weighted by Crippen LogP contribution is 2.14. The number of rotatable bonds is 3. The summed E-state index contributed by atoms with van der Waals surface area (Å²) in [6.45, 7) is 0. The van der Waals surface area contributed by atoms with E-state index in [1.807, 2.05) is 16.0 Å². The van der Waals surface area contributed by atoms with Crippen molar-refractivity contribution >= 4 is 22.1 Å². The molecule has 0 aliphatic rings. The number of thiazole rings is 1. The van der Waals surface area contributed by atoms with Crippen molar-refractivity contribution in [2.75, 3.05) is 0 Å². The number of hydrogen-bond donors (Lipinski definition) is 0. The van der Waals surface area contributed by atoms with Crippen LogP contribution in [0.3, 0.4) is 0 Å². The highest BCUT2D eigenvalue weighted by atomic mass is 32.1. The van der Waals surface area contributed by atoms with E-state index in [0.29, 0.717) is 5.69 Å². The van der Waals surface area contributed by atoms with E-state index in [0.717, 1.165) is 4.96 Å². The van der Waals surface area contributed by atoms with Gasteiger partial charge in [-0.3, -0.25) is 9.20 Å². The molecule has 2 heterocycles. The fourth-order valence-electron chi connectivity index (χ4n) is 1.81. The third-order valence-corrected chi connectivity index (χ3v) is 3.43. The highest BCUT2D eigenvalue weighted by molar-refractivity contribution is 7.15. The van der Waals surface area contributed by atoms with Gasteiger partial charge in [-0.15, -0.1) is 11.3 Å². The second-order valence-corrected chi connectivity index (χ2v) is 4.78. The SMILES string of the molecule is O=C(Cc1cn2ccsc2n1)c1ccccc1F. The van der Waals surface area contributed by atoms with Crippen LogP contribution in [0.25, 0.3) is 4.96 Å². The number of Topliss-reactive ketones (excluding diaryl/α,β-unsaturated/α-hetero) is 1. The van der Waals surface area contributed by atoms with Gasteiger partial charge in [0.15, 0.2) is 10.7 Å². The molecule has 0 aliphatic heterocycles. The van der Waals surface area contributed by atoms with Crippen molar-refractivity contribution < 1.29 is 9.18 Å². The molecule has 0 saturated heterocycles. The van der Waals surface area contributed by atoms with Crippen molar-refractivity contribution in [1.82, 2.24) is 9.38 Å². The van der Waals surface area contributed by atoms with Crippen LogP contribution in [0.2, 0.25) is 0 Å². The van der Waals surface area contributed by atoms with Crippen LogP contribution >= 0.6 is 11.3 Å². The van der Waals surface area contributed by atoms with Gasteiger partial charge in [0.1, 0.15) is 5.82 Å². The van der Waals surface area contributed by atoms with Gasteiger partial charge in [0.05, 0.1) is 17.7 Å². The number of carbonyl (C=O) groups is 1. The average molecular weight is 260 g/mol. The summed E-state index contributed by atoms with van der Waals surface area (Å²) in [5.41, 5.74) is 0.781. The topological polar surface area (TPSA) is 34.4 Å². The summed E-state index contributed by atoms with van der Waals surface area (Å²) in [6.07, 6.45) is 3.80. The molecule has 0 spiro atoms. The van der Waals surface area contributed by atoms with Crippen molar-refractivity contribution in [3.63, 3.8) is 0 Å². The summed E-state index contributed by atoms with van der Waals surface area (Å²) in [7, 11) is 0. The van der Waals surface area contributed by atoms with Crippen molar-refractivity contribution in [1.29, 1.82) is 0 Å². The number of fused-ring (bicyclic) bond motifs is 1. The zero-order chi connectivity index (χ0) is 12.5. The molecule has 2 aromatic heterocycles. The van der Waals surface area contributed by atoms with Gasteiger partial charge < -0.3 is 0 Å². The molecule has 0 amide bonds. The minimum atomic E-state index is -0.483. The van der Waals surface area contributed by atoms with E-state index in [4.69, 9.17) is 0 Å². The largest absolute Gasteiger partial charge is 0.297 e. The number of ketones is 1. The van der Waals surface area contributed by atoms with Crippen LogP contribution in [0.15, 0.2) is 42.0 Å². The first kappa shape index (κ1) is 11.1. The Morgan fingerprint density at radius 1 is 1.39 bits per heavy atom. The fourth-order valence-corrected chi connectivity index (χ4v) is 2.53. The van der Waals surface area contributed by atoms with Crippen LogP contribution in [-0.4, -0.2) is 15.2 Å². The number of benzene rings is 1. The lowest BCUT2D eigenvalue weighted by atomic mass is 10.1. The maximum absolute atomic E-state index is 13.4. The summed E-state index contributed by atoms with van der Waals surface area (Å²) >= 11 is 1.50. The summed E-state index contributed by atoms with van der Waals surface area (Å²) < 4.78 is 15.3. The Labute approximate surface area is 107 Å². The quantitative estimate of drug-likeness (QED) is 0.678. The molecule has 0 bridgehead atoms. The van der Waals surface area contributed by atoms with Gasteiger partial charge in [-0.2, -0.15) is 0 Å². The van der Waals surface area contributed by atoms with Crippen LogP contribution in [0, 0.1) is 5.82 Å². The molecule has 0 radical (unpaired) electrons. The Morgan fingerprint density at radius 3 is 3.00 bits per heavy atom. The molecule has 0 aliphatic carbocycles. The van der Waals surface area contributed by atoms with Crippen molar-refractivity contribution in [2.45, 2.75) is 6.42 Å². The lowest BCUT2D eigenvalue weighted by Gasteiger charge is -1.99. The van der Waals surface area contributed by atoms with Crippen LogP contribution in [0.1, 0.15) is 16.1 Å². The van der Waals surface area contributed by atoms with E-state index in [2.05, 4.69) is 4.98 Å². The molecule has 5 heteroatoms. The Hall–Kier alpha value is -2.01. The predicted octanol–water partition coefficient (Wildman–Crippen LogP) is 2.96. The molecular formula is C13H9FN2OS. The summed E-state index contributed by atoms with van der Waals surface area (Å²) in [5, 5.41) is 1.92. The highest BCUT2D eigenvalue weighted by Gasteiger charge is 2.13. The maximum Gasteiger partial charge on any atom is 0.193 e. The zero-order valence-corrected chi connectivity index (χ0v) is 10.2. The zero-order valence-electron chi connectivity index (χ0n) is 9.34.